The average molecular weight is 228 g/mol. The van der Waals surface area contributed by atoms with E-state index in [1.54, 1.807) is 19.0 Å². The van der Waals surface area contributed by atoms with Crippen LogP contribution in [0.25, 0.3) is 0 Å². The molecule has 16 heavy (non-hydrogen) atoms. The second kappa shape index (κ2) is 7.63. The number of hydrogen-bond donors (Lipinski definition) is 1. The summed E-state index contributed by atoms with van der Waals surface area (Å²) < 4.78 is 5.53. The van der Waals surface area contributed by atoms with Crippen LogP contribution in [0.1, 0.15) is 25.7 Å². The van der Waals surface area contributed by atoms with E-state index in [4.69, 9.17) is 4.74 Å². The SMILES string of the molecule is CN(C)C(=O)CCCOCCC1CCNC1. The quantitative estimate of drug-likeness (QED) is 0.657. The minimum absolute atomic E-state index is 0.184. The Hall–Kier alpha value is -0.610. The van der Waals surface area contributed by atoms with Gasteiger partial charge in [0.2, 0.25) is 5.91 Å². The first-order valence-corrected chi connectivity index (χ1v) is 6.18. The summed E-state index contributed by atoms with van der Waals surface area (Å²) in [5.74, 6) is 0.979. The zero-order valence-electron chi connectivity index (χ0n) is 10.5. The van der Waals surface area contributed by atoms with Crippen molar-refractivity contribution in [1.29, 1.82) is 0 Å². The summed E-state index contributed by atoms with van der Waals surface area (Å²) in [7, 11) is 3.58. The molecule has 1 atom stereocenters. The molecule has 1 fully saturated rings. The highest BCUT2D eigenvalue weighted by Gasteiger charge is 2.13. The van der Waals surface area contributed by atoms with Crippen LogP contribution < -0.4 is 5.32 Å². The minimum Gasteiger partial charge on any atom is -0.381 e. The lowest BCUT2D eigenvalue weighted by molar-refractivity contribution is -0.129. The average Bonchev–Trinajstić information content (AvgIpc) is 2.75. The summed E-state index contributed by atoms with van der Waals surface area (Å²) in [4.78, 5) is 12.9. The molecule has 0 spiro atoms. The predicted octanol–water partition coefficient (Wildman–Crippen LogP) is 0.871. The van der Waals surface area contributed by atoms with Crippen molar-refractivity contribution in [3.8, 4) is 0 Å². The maximum Gasteiger partial charge on any atom is 0.222 e. The lowest BCUT2D eigenvalue weighted by Crippen LogP contribution is -2.21. The highest BCUT2D eigenvalue weighted by molar-refractivity contribution is 5.75. The molecule has 1 aliphatic rings. The highest BCUT2D eigenvalue weighted by Crippen LogP contribution is 2.11. The Morgan fingerprint density at radius 1 is 1.44 bits per heavy atom. The Bertz CT molecular complexity index is 201. The standard InChI is InChI=1S/C12H24N2O2/c1-14(2)12(15)4-3-8-16-9-6-11-5-7-13-10-11/h11,13H,3-10H2,1-2H3. The van der Waals surface area contributed by atoms with Crippen molar-refractivity contribution in [2.45, 2.75) is 25.7 Å². The van der Waals surface area contributed by atoms with Gasteiger partial charge in [0.25, 0.3) is 0 Å². The summed E-state index contributed by atoms with van der Waals surface area (Å²) in [5.41, 5.74) is 0. The van der Waals surface area contributed by atoms with Crippen molar-refractivity contribution in [1.82, 2.24) is 10.2 Å². The van der Waals surface area contributed by atoms with Gasteiger partial charge in [-0.05, 0) is 38.3 Å². The molecule has 1 heterocycles. The fraction of sp³-hybridized carbons (Fsp3) is 0.917. The molecule has 1 N–H and O–H groups in total. The van der Waals surface area contributed by atoms with Crippen molar-refractivity contribution in [3.63, 3.8) is 0 Å². The third-order valence-electron chi connectivity index (χ3n) is 3.01. The van der Waals surface area contributed by atoms with Gasteiger partial charge in [-0.3, -0.25) is 4.79 Å². The topological polar surface area (TPSA) is 41.6 Å². The normalized spacial score (nSPS) is 20.0. The van der Waals surface area contributed by atoms with E-state index in [0.717, 1.165) is 38.5 Å². The molecule has 0 aromatic rings. The molecule has 1 unspecified atom stereocenters. The first kappa shape index (κ1) is 13.5. The molecule has 0 aromatic carbocycles. The molecule has 0 saturated carbocycles. The zero-order chi connectivity index (χ0) is 11.8. The fourth-order valence-corrected chi connectivity index (χ4v) is 1.86. The predicted molar refractivity (Wildman–Crippen MR) is 64.3 cm³/mol. The molecular weight excluding hydrogens is 204 g/mol. The van der Waals surface area contributed by atoms with E-state index in [9.17, 15) is 4.79 Å². The van der Waals surface area contributed by atoms with Gasteiger partial charge in [0.05, 0.1) is 0 Å². The summed E-state index contributed by atoms with van der Waals surface area (Å²) in [5, 5.41) is 3.35. The van der Waals surface area contributed by atoms with Crippen molar-refractivity contribution in [3.05, 3.63) is 0 Å². The van der Waals surface area contributed by atoms with Crippen LogP contribution in [0, 0.1) is 5.92 Å². The lowest BCUT2D eigenvalue weighted by Gasteiger charge is -2.11. The van der Waals surface area contributed by atoms with Crippen LogP contribution in [0.4, 0.5) is 0 Å². The number of amides is 1. The molecule has 1 aliphatic heterocycles. The molecule has 1 saturated heterocycles. The van der Waals surface area contributed by atoms with E-state index in [-0.39, 0.29) is 5.91 Å². The molecule has 0 radical (unpaired) electrons. The zero-order valence-corrected chi connectivity index (χ0v) is 10.5. The molecule has 4 heteroatoms. The minimum atomic E-state index is 0.184. The number of carbonyl (C=O) groups is 1. The Morgan fingerprint density at radius 2 is 2.25 bits per heavy atom. The number of ether oxygens (including phenoxy) is 1. The van der Waals surface area contributed by atoms with Crippen molar-refractivity contribution in [2.24, 2.45) is 5.92 Å². The molecule has 1 amide bonds. The maximum absolute atomic E-state index is 11.2. The smallest absolute Gasteiger partial charge is 0.222 e. The lowest BCUT2D eigenvalue weighted by atomic mass is 10.1. The maximum atomic E-state index is 11.2. The van der Waals surface area contributed by atoms with Gasteiger partial charge in [-0.1, -0.05) is 0 Å². The van der Waals surface area contributed by atoms with Crippen LogP contribution in [0.15, 0.2) is 0 Å². The van der Waals surface area contributed by atoms with Crippen LogP contribution in [0.3, 0.4) is 0 Å². The van der Waals surface area contributed by atoms with Crippen molar-refractivity contribution in [2.75, 3.05) is 40.4 Å². The first-order chi connectivity index (χ1) is 7.70. The summed E-state index contributed by atoms with van der Waals surface area (Å²) in [6.07, 6.45) is 3.86. The van der Waals surface area contributed by atoms with Crippen LogP contribution in [0.2, 0.25) is 0 Å². The van der Waals surface area contributed by atoms with E-state index in [1.807, 2.05) is 0 Å². The summed E-state index contributed by atoms with van der Waals surface area (Å²) in [6, 6.07) is 0. The van der Waals surface area contributed by atoms with Crippen LogP contribution >= 0.6 is 0 Å². The van der Waals surface area contributed by atoms with Crippen molar-refractivity contribution < 1.29 is 9.53 Å². The third-order valence-corrected chi connectivity index (χ3v) is 3.01. The first-order valence-electron chi connectivity index (χ1n) is 6.18. The van der Waals surface area contributed by atoms with E-state index < -0.39 is 0 Å². The molecule has 0 aromatic heterocycles. The number of carbonyl (C=O) groups excluding carboxylic acids is 1. The molecular formula is C12H24N2O2. The molecule has 94 valence electrons. The van der Waals surface area contributed by atoms with Gasteiger partial charge in [-0.15, -0.1) is 0 Å². The van der Waals surface area contributed by atoms with E-state index >= 15 is 0 Å². The Labute approximate surface area is 98.3 Å². The Kier molecular flexibility index (Phi) is 6.42. The Morgan fingerprint density at radius 3 is 2.88 bits per heavy atom. The van der Waals surface area contributed by atoms with Gasteiger partial charge in [-0.2, -0.15) is 0 Å². The van der Waals surface area contributed by atoms with E-state index in [0.29, 0.717) is 13.0 Å². The van der Waals surface area contributed by atoms with Crippen molar-refractivity contribution >= 4 is 5.91 Å². The highest BCUT2D eigenvalue weighted by atomic mass is 16.5. The van der Waals surface area contributed by atoms with Gasteiger partial charge < -0.3 is 15.0 Å². The fourth-order valence-electron chi connectivity index (χ4n) is 1.86. The van der Waals surface area contributed by atoms with Crippen LogP contribution in [-0.2, 0) is 9.53 Å². The van der Waals surface area contributed by atoms with Gasteiger partial charge in [0.15, 0.2) is 0 Å². The third kappa shape index (κ3) is 5.47. The monoisotopic (exact) mass is 228 g/mol. The summed E-state index contributed by atoms with van der Waals surface area (Å²) >= 11 is 0. The molecule has 0 aliphatic carbocycles. The van der Waals surface area contributed by atoms with Gasteiger partial charge in [0, 0.05) is 33.7 Å². The molecule has 1 rings (SSSR count). The number of rotatable bonds is 7. The Balaban J connectivity index is 1.86. The molecule has 0 bridgehead atoms. The second-order valence-electron chi connectivity index (χ2n) is 4.65. The number of nitrogens with one attached hydrogen (secondary N) is 1. The van der Waals surface area contributed by atoms with Gasteiger partial charge in [0.1, 0.15) is 0 Å². The van der Waals surface area contributed by atoms with Gasteiger partial charge >= 0.3 is 0 Å². The summed E-state index contributed by atoms with van der Waals surface area (Å²) in [6.45, 7) is 3.84. The van der Waals surface area contributed by atoms with E-state index in [2.05, 4.69) is 5.32 Å². The van der Waals surface area contributed by atoms with Crippen LogP contribution in [-0.4, -0.2) is 51.2 Å². The number of nitrogens with zero attached hydrogens (tertiary/aromatic N) is 1. The molecule has 4 nitrogen and oxygen atoms in total. The van der Waals surface area contributed by atoms with E-state index in [1.165, 1.54) is 6.42 Å². The second-order valence-corrected chi connectivity index (χ2v) is 4.65. The number of hydrogen-bond acceptors (Lipinski definition) is 3. The largest absolute Gasteiger partial charge is 0.381 e. The van der Waals surface area contributed by atoms with Gasteiger partial charge in [-0.25, -0.2) is 0 Å². The van der Waals surface area contributed by atoms with Crippen LogP contribution in [0.5, 0.6) is 0 Å².